The summed E-state index contributed by atoms with van der Waals surface area (Å²) in [6, 6.07) is 16.0. The number of rotatable bonds is 9. The van der Waals surface area contributed by atoms with E-state index >= 15 is 0 Å². The van der Waals surface area contributed by atoms with Crippen LogP contribution in [0.25, 0.3) is 0 Å². The van der Waals surface area contributed by atoms with Gasteiger partial charge in [0.1, 0.15) is 6.04 Å². The molecular formula is C24H28N2O4. The molecule has 2 N–H and O–H groups in total. The number of carboxylic acid groups (broad SMARTS) is 1. The number of nitrogens with one attached hydrogen (secondary N) is 1. The molecule has 1 saturated heterocycles. The molecular weight excluding hydrogens is 380 g/mol. The second-order valence-corrected chi connectivity index (χ2v) is 7.69. The van der Waals surface area contributed by atoms with Gasteiger partial charge in [-0.25, -0.2) is 4.79 Å². The lowest BCUT2D eigenvalue weighted by atomic mass is 10.0. The lowest BCUT2D eigenvalue weighted by molar-refractivity contribution is -0.142. The Kier molecular flexibility index (Phi) is 7.22. The van der Waals surface area contributed by atoms with Crippen LogP contribution in [0.5, 0.6) is 0 Å². The van der Waals surface area contributed by atoms with Gasteiger partial charge in [0.05, 0.1) is 0 Å². The zero-order valence-electron chi connectivity index (χ0n) is 17.2. The van der Waals surface area contributed by atoms with Crippen molar-refractivity contribution < 1.29 is 19.5 Å². The summed E-state index contributed by atoms with van der Waals surface area (Å²) in [7, 11) is 0. The van der Waals surface area contributed by atoms with Crippen LogP contribution in [-0.4, -0.2) is 39.9 Å². The predicted octanol–water partition coefficient (Wildman–Crippen LogP) is 2.94. The van der Waals surface area contributed by atoms with E-state index in [9.17, 15) is 19.5 Å². The first kappa shape index (κ1) is 21.6. The minimum absolute atomic E-state index is 0.0396. The Balaban J connectivity index is 1.63. The van der Waals surface area contributed by atoms with E-state index in [0.29, 0.717) is 19.4 Å². The highest BCUT2D eigenvalue weighted by molar-refractivity contribution is 5.85. The number of carbonyl (C=O) groups excluding carboxylic acids is 2. The average Bonchev–Trinajstić information content (AvgIpc) is 3.08. The molecule has 0 aliphatic carbocycles. The van der Waals surface area contributed by atoms with Gasteiger partial charge in [-0.15, -0.1) is 0 Å². The van der Waals surface area contributed by atoms with Crippen LogP contribution in [-0.2, 0) is 33.8 Å². The van der Waals surface area contributed by atoms with E-state index in [0.717, 1.165) is 17.5 Å². The van der Waals surface area contributed by atoms with Crippen molar-refractivity contribution in [1.29, 1.82) is 0 Å². The molecule has 0 bridgehead atoms. The summed E-state index contributed by atoms with van der Waals surface area (Å²) >= 11 is 0. The highest BCUT2D eigenvalue weighted by Crippen LogP contribution is 2.25. The Morgan fingerprint density at radius 1 is 1.10 bits per heavy atom. The van der Waals surface area contributed by atoms with Gasteiger partial charge in [-0.05, 0) is 29.5 Å². The fourth-order valence-corrected chi connectivity index (χ4v) is 3.98. The van der Waals surface area contributed by atoms with Crippen molar-refractivity contribution in [2.24, 2.45) is 0 Å². The molecule has 1 heterocycles. The summed E-state index contributed by atoms with van der Waals surface area (Å²) in [5, 5.41) is 12.1. The fourth-order valence-electron chi connectivity index (χ4n) is 3.98. The molecule has 0 aromatic heterocycles. The molecule has 0 radical (unpaired) electrons. The van der Waals surface area contributed by atoms with E-state index in [1.54, 1.807) is 4.90 Å². The number of aryl methyl sites for hydroxylation is 1. The number of aliphatic carboxylic acids is 1. The quantitative estimate of drug-likeness (QED) is 0.668. The van der Waals surface area contributed by atoms with Crippen molar-refractivity contribution in [1.82, 2.24) is 10.2 Å². The number of benzene rings is 2. The Labute approximate surface area is 176 Å². The minimum atomic E-state index is -1.07. The summed E-state index contributed by atoms with van der Waals surface area (Å²) in [6.07, 6.45) is 2.23. The van der Waals surface area contributed by atoms with Crippen LogP contribution >= 0.6 is 0 Å². The Morgan fingerprint density at radius 2 is 1.77 bits per heavy atom. The fraction of sp³-hybridized carbons (Fsp3) is 0.375. The van der Waals surface area contributed by atoms with Crippen LogP contribution < -0.4 is 5.32 Å². The van der Waals surface area contributed by atoms with Crippen LogP contribution in [0.4, 0.5) is 0 Å². The van der Waals surface area contributed by atoms with Crippen LogP contribution in [0.15, 0.2) is 54.6 Å². The lowest BCUT2D eigenvalue weighted by Crippen LogP contribution is -2.45. The molecule has 0 saturated carbocycles. The van der Waals surface area contributed by atoms with Crippen molar-refractivity contribution in [2.45, 2.75) is 57.7 Å². The number of likely N-dealkylation sites (tertiary alicyclic amines) is 1. The molecule has 2 amide bonds. The second-order valence-electron chi connectivity index (χ2n) is 7.69. The van der Waals surface area contributed by atoms with Crippen molar-refractivity contribution in [3.63, 3.8) is 0 Å². The third kappa shape index (κ3) is 5.47. The smallest absolute Gasteiger partial charge is 0.326 e. The summed E-state index contributed by atoms with van der Waals surface area (Å²) < 4.78 is 0. The molecule has 3 rings (SSSR count). The van der Waals surface area contributed by atoms with E-state index in [1.807, 2.05) is 48.5 Å². The normalized spacial score (nSPS) is 17.0. The van der Waals surface area contributed by atoms with Gasteiger partial charge >= 0.3 is 5.97 Å². The molecule has 0 spiro atoms. The summed E-state index contributed by atoms with van der Waals surface area (Å²) in [5.41, 5.74) is 3.13. The van der Waals surface area contributed by atoms with Crippen LogP contribution in [0.2, 0.25) is 0 Å². The molecule has 158 valence electrons. The molecule has 30 heavy (non-hydrogen) atoms. The topological polar surface area (TPSA) is 86.7 Å². The van der Waals surface area contributed by atoms with Gasteiger partial charge in [0.2, 0.25) is 11.8 Å². The van der Waals surface area contributed by atoms with Crippen LogP contribution in [0.1, 0.15) is 42.9 Å². The largest absolute Gasteiger partial charge is 0.480 e. The third-order valence-corrected chi connectivity index (χ3v) is 5.63. The third-order valence-electron chi connectivity index (χ3n) is 5.63. The van der Waals surface area contributed by atoms with Crippen LogP contribution in [0.3, 0.4) is 0 Å². The number of nitrogens with zero attached hydrogens (tertiary/aromatic N) is 1. The SMILES string of the molecule is CCc1ccccc1CN1C(=O)CC[C@@H]1CC(=O)N[C@@H](Cc1ccccc1)C(=O)O. The van der Waals surface area contributed by atoms with E-state index in [4.69, 9.17) is 0 Å². The van der Waals surface area contributed by atoms with E-state index in [1.165, 1.54) is 5.56 Å². The maximum atomic E-state index is 12.6. The van der Waals surface area contributed by atoms with Gasteiger partial charge in [0.25, 0.3) is 0 Å². The molecule has 1 aliphatic rings. The number of carboxylic acids is 1. The van der Waals surface area contributed by atoms with Gasteiger partial charge in [-0.1, -0.05) is 61.5 Å². The molecule has 6 nitrogen and oxygen atoms in total. The summed E-state index contributed by atoms with van der Waals surface area (Å²) in [5.74, 6) is -1.37. The number of hydrogen-bond acceptors (Lipinski definition) is 3. The molecule has 1 fully saturated rings. The number of carbonyl (C=O) groups is 3. The van der Waals surface area contributed by atoms with Gasteiger partial charge in [0.15, 0.2) is 0 Å². The monoisotopic (exact) mass is 408 g/mol. The molecule has 1 aliphatic heterocycles. The van der Waals surface area contributed by atoms with Gasteiger partial charge in [-0.3, -0.25) is 9.59 Å². The number of amides is 2. The Hall–Kier alpha value is -3.15. The van der Waals surface area contributed by atoms with Gasteiger partial charge in [-0.2, -0.15) is 0 Å². The standard InChI is InChI=1S/C24H28N2O4/c1-2-18-10-6-7-11-19(18)16-26-20(12-13-23(26)28)15-22(27)25-21(24(29)30)14-17-8-4-3-5-9-17/h3-11,20-21H,2,12-16H2,1H3,(H,25,27)(H,29,30)/t20-,21+/m1/s1. The first-order chi connectivity index (χ1) is 14.5. The minimum Gasteiger partial charge on any atom is -0.480 e. The van der Waals surface area contributed by atoms with E-state index < -0.39 is 12.0 Å². The maximum Gasteiger partial charge on any atom is 0.326 e. The first-order valence-electron chi connectivity index (χ1n) is 10.4. The van der Waals surface area contributed by atoms with Gasteiger partial charge in [0, 0.05) is 31.8 Å². The van der Waals surface area contributed by atoms with Gasteiger partial charge < -0.3 is 15.3 Å². The first-order valence-corrected chi connectivity index (χ1v) is 10.4. The molecule has 6 heteroatoms. The predicted molar refractivity (Wildman–Crippen MR) is 114 cm³/mol. The van der Waals surface area contributed by atoms with E-state index in [2.05, 4.69) is 18.3 Å². The van der Waals surface area contributed by atoms with Crippen molar-refractivity contribution in [2.75, 3.05) is 0 Å². The second kappa shape index (κ2) is 10.1. The Bertz CT molecular complexity index is 897. The van der Waals surface area contributed by atoms with Crippen LogP contribution in [0, 0.1) is 0 Å². The maximum absolute atomic E-state index is 12.6. The van der Waals surface area contributed by atoms with Crippen molar-refractivity contribution in [3.8, 4) is 0 Å². The summed E-state index contributed by atoms with van der Waals surface area (Å²) in [4.78, 5) is 38.5. The average molecular weight is 408 g/mol. The number of hydrogen-bond donors (Lipinski definition) is 2. The molecule has 2 aromatic rings. The Morgan fingerprint density at radius 3 is 2.43 bits per heavy atom. The molecule has 2 atom stereocenters. The summed E-state index contributed by atoms with van der Waals surface area (Å²) in [6.45, 7) is 2.56. The van der Waals surface area contributed by atoms with Crippen molar-refractivity contribution in [3.05, 3.63) is 71.3 Å². The highest BCUT2D eigenvalue weighted by Gasteiger charge is 2.33. The molecule has 0 unspecified atom stereocenters. The zero-order valence-corrected chi connectivity index (χ0v) is 17.2. The highest BCUT2D eigenvalue weighted by atomic mass is 16.4. The zero-order chi connectivity index (χ0) is 21.5. The lowest BCUT2D eigenvalue weighted by Gasteiger charge is -2.26. The van der Waals surface area contributed by atoms with E-state index in [-0.39, 0.29) is 30.7 Å². The van der Waals surface area contributed by atoms with Crippen molar-refractivity contribution >= 4 is 17.8 Å². The molecule has 2 aromatic carbocycles.